The highest BCUT2D eigenvalue weighted by Gasteiger charge is 2.19. The summed E-state index contributed by atoms with van der Waals surface area (Å²) < 4.78 is 0. The second kappa shape index (κ2) is 5.01. The molecule has 0 aliphatic carbocycles. The molecule has 0 fully saturated rings. The van der Waals surface area contributed by atoms with Crippen LogP contribution in [0.5, 0.6) is 0 Å². The first-order valence-electron chi connectivity index (χ1n) is 7.16. The molecule has 2 aromatic rings. The van der Waals surface area contributed by atoms with E-state index >= 15 is 0 Å². The Balaban J connectivity index is 2.78. The normalized spacial score (nSPS) is 12.2. The molecule has 2 nitrogen and oxygen atoms in total. The van der Waals surface area contributed by atoms with Gasteiger partial charge in [0.15, 0.2) is 5.78 Å². The number of hydrogen-bond donors (Lipinski definition) is 0. The van der Waals surface area contributed by atoms with Crippen molar-refractivity contribution in [3.8, 4) is 0 Å². The summed E-state index contributed by atoms with van der Waals surface area (Å²) in [6.45, 7) is 12.3. The van der Waals surface area contributed by atoms with E-state index in [0.29, 0.717) is 5.92 Å². The van der Waals surface area contributed by atoms with Gasteiger partial charge in [-0.25, -0.2) is 0 Å². The third-order valence-electron chi connectivity index (χ3n) is 3.65. The predicted molar refractivity (Wildman–Crippen MR) is 84.5 cm³/mol. The maximum atomic E-state index is 12.0. The number of nitrogens with zero attached hydrogens (tertiary/aromatic N) is 1. The van der Waals surface area contributed by atoms with Crippen LogP contribution in [0.1, 0.15) is 69.1 Å². The Morgan fingerprint density at radius 2 is 1.80 bits per heavy atom. The van der Waals surface area contributed by atoms with Gasteiger partial charge < -0.3 is 0 Å². The van der Waals surface area contributed by atoms with Gasteiger partial charge >= 0.3 is 0 Å². The van der Waals surface area contributed by atoms with E-state index in [4.69, 9.17) is 4.98 Å². The predicted octanol–water partition coefficient (Wildman–Crippen LogP) is 4.86. The second-order valence-corrected chi connectivity index (χ2v) is 6.79. The average Bonchev–Trinajstić information content (AvgIpc) is 2.35. The summed E-state index contributed by atoms with van der Waals surface area (Å²) in [5.74, 6) is 0.547. The molecule has 0 spiro atoms. The summed E-state index contributed by atoms with van der Waals surface area (Å²) >= 11 is 0. The van der Waals surface area contributed by atoms with Crippen LogP contribution < -0.4 is 0 Å². The Kier molecular flexibility index (Phi) is 3.68. The SMILES string of the molecule is CC(=O)c1cc(C(C)(C)C)nc2ccc(C(C)C)cc12. The van der Waals surface area contributed by atoms with Crippen LogP contribution in [0.3, 0.4) is 0 Å². The van der Waals surface area contributed by atoms with E-state index in [0.717, 1.165) is 22.2 Å². The molecule has 0 saturated carbocycles. The van der Waals surface area contributed by atoms with Crippen LogP contribution in [0, 0.1) is 0 Å². The smallest absolute Gasteiger partial charge is 0.160 e. The lowest BCUT2D eigenvalue weighted by molar-refractivity contribution is 0.101. The number of carbonyl (C=O) groups is 1. The maximum absolute atomic E-state index is 12.0. The Morgan fingerprint density at radius 1 is 1.15 bits per heavy atom. The van der Waals surface area contributed by atoms with E-state index in [1.807, 2.05) is 12.1 Å². The van der Waals surface area contributed by atoms with Crippen molar-refractivity contribution >= 4 is 16.7 Å². The molecule has 0 atom stereocenters. The van der Waals surface area contributed by atoms with Crippen molar-refractivity contribution in [3.63, 3.8) is 0 Å². The van der Waals surface area contributed by atoms with Crippen molar-refractivity contribution in [2.75, 3.05) is 0 Å². The van der Waals surface area contributed by atoms with Gasteiger partial charge in [0.05, 0.1) is 5.52 Å². The molecule has 0 saturated heterocycles. The minimum atomic E-state index is -0.0604. The second-order valence-electron chi connectivity index (χ2n) is 6.79. The molecule has 0 N–H and O–H groups in total. The number of rotatable bonds is 2. The number of carbonyl (C=O) groups excluding carboxylic acids is 1. The highest BCUT2D eigenvalue weighted by atomic mass is 16.1. The maximum Gasteiger partial charge on any atom is 0.160 e. The zero-order chi connectivity index (χ0) is 15.1. The van der Waals surface area contributed by atoms with Gasteiger partial charge in [-0.15, -0.1) is 0 Å². The molecule has 0 amide bonds. The van der Waals surface area contributed by atoms with E-state index < -0.39 is 0 Å². The van der Waals surface area contributed by atoms with Gasteiger partial charge in [0.25, 0.3) is 0 Å². The fourth-order valence-electron chi connectivity index (χ4n) is 2.28. The van der Waals surface area contributed by atoms with Crippen molar-refractivity contribution < 1.29 is 4.79 Å². The van der Waals surface area contributed by atoms with Gasteiger partial charge in [0, 0.05) is 22.1 Å². The van der Waals surface area contributed by atoms with Crippen LogP contribution in [0.4, 0.5) is 0 Å². The Bertz CT molecular complexity index is 663. The molecule has 1 aromatic heterocycles. The summed E-state index contributed by atoms with van der Waals surface area (Å²) in [5, 5.41) is 0.969. The topological polar surface area (TPSA) is 30.0 Å². The van der Waals surface area contributed by atoms with Crippen LogP contribution in [0.15, 0.2) is 24.3 Å². The lowest BCUT2D eigenvalue weighted by Gasteiger charge is -2.20. The zero-order valence-corrected chi connectivity index (χ0v) is 13.2. The number of hydrogen-bond acceptors (Lipinski definition) is 2. The first-order chi connectivity index (χ1) is 9.20. The van der Waals surface area contributed by atoms with Gasteiger partial charge in [-0.05, 0) is 36.6 Å². The monoisotopic (exact) mass is 269 g/mol. The van der Waals surface area contributed by atoms with Crippen molar-refractivity contribution in [3.05, 3.63) is 41.1 Å². The number of aromatic nitrogens is 1. The van der Waals surface area contributed by atoms with Gasteiger partial charge in [0.2, 0.25) is 0 Å². The molecular weight excluding hydrogens is 246 g/mol. The Hall–Kier alpha value is -1.70. The van der Waals surface area contributed by atoms with E-state index in [2.05, 4.69) is 46.8 Å². The van der Waals surface area contributed by atoms with Crippen molar-refractivity contribution in [2.24, 2.45) is 0 Å². The molecule has 0 bridgehead atoms. The average molecular weight is 269 g/mol. The summed E-state index contributed by atoms with van der Waals surface area (Å²) in [4.78, 5) is 16.7. The fourth-order valence-corrected chi connectivity index (χ4v) is 2.28. The third-order valence-corrected chi connectivity index (χ3v) is 3.65. The molecular formula is C18H23NO. The van der Waals surface area contributed by atoms with Crippen LogP contribution in [-0.4, -0.2) is 10.8 Å². The van der Waals surface area contributed by atoms with Crippen LogP contribution in [-0.2, 0) is 5.41 Å². The molecule has 2 rings (SSSR count). The summed E-state index contributed by atoms with van der Waals surface area (Å²) in [7, 11) is 0. The number of benzene rings is 1. The molecule has 0 aliphatic heterocycles. The van der Waals surface area contributed by atoms with Crippen molar-refractivity contribution in [1.29, 1.82) is 0 Å². The highest BCUT2D eigenvalue weighted by molar-refractivity contribution is 6.06. The van der Waals surface area contributed by atoms with E-state index in [9.17, 15) is 4.79 Å². The largest absolute Gasteiger partial charge is 0.294 e. The van der Waals surface area contributed by atoms with Gasteiger partial charge in [0.1, 0.15) is 0 Å². The summed E-state index contributed by atoms with van der Waals surface area (Å²) in [6, 6.07) is 8.20. The highest BCUT2D eigenvalue weighted by Crippen LogP contribution is 2.28. The molecule has 20 heavy (non-hydrogen) atoms. The first-order valence-corrected chi connectivity index (χ1v) is 7.16. The van der Waals surface area contributed by atoms with E-state index in [1.54, 1.807) is 6.92 Å². The standard InChI is InChI=1S/C18H23NO/c1-11(2)13-7-8-16-15(9-13)14(12(3)20)10-17(19-16)18(4,5)6/h7-11H,1-6H3. The zero-order valence-electron chi connectivity index (χ0n) is 13.2. The first kappa shape index (κ1) is 14.7. The van der Waals surface area contributed by atoms with Crippen molar-refractivity contribution in [1.82, 2.24) is 4.98 Å². The third kappa shape index (κ3) is 2.74. The van der Waals surface area contributed by atoms with Crippen LogP contribution >= 0.6 is 0 Å². The minimum absolute atomic E-state index is 0.0604. The van der Waals surface area contributed by atoms with E-state index in [-0.39, 0.29) is 11.2 Å². The number of Topliss-reactive ketones (excluding diaryl/α,β-unsaturated/α-hetero) is 1. The lowest BCUT2D eigenvalue weighted by Crippen LogP contribution is -2.15. The molecule has 0 radical (unpaired) electrons. The molecule has 0 aliphatic rings. The van der Waals surface area contributed by atoms with Gasteiger partial charge in [-0.2, -0.15) is 0 Å². The number of pyridine rings is 1. The number of ketones is 1. The summed E-state index contributed by atoms with van der Waals surface area (Å²) in [5.41, 5.74) is 3.84. The fraction of sp³-hybridized carbons (Fsp3) is 0.444. The molecule has 106 valence electrons. The van der Waals surface area contributed by atoms with Crippen LogP contribution in [0.2, 0.25) is 0 Å². The Labute approximate surface area is 121 Å². The molecule has 1 aromatic carbocycles. The Morgan fingerprint density at radius 3 is 2.30 bits per heavy atom. The minimum Gasteiger partial charge on any atom is -0.294 e. The quantitative estimate of drug-likeness (QED) is 0.729. The molecule has 1 heterocycles. The van der Waals surface area contributed by atoms with E-state index in [1.165, 1.54) is 5.56 Å². The van der Waals surface area contributed by atoms with Crippen LogP contribution in [0.25, 0.3) is 10.9 Å². The molecule has 0 unspecified atom stereocenters. The van der Waals surface area contributed by atoms with Gasteiger partial charge in [-0.3, -0.25) is 9.78 Å². The molecule has 2 heteroatoms. The summed E-state index contributed by atoms with van der Waals surface area (Å²) in [6.07, 6.45) is 0. The van der Waals surface area contributed by atoms with Crippen molar-refractivity contribution in [2.45, 2.75) is 52.9 Å². The lowest BCUT2D eigenvalue weighted by atomic mass is 9.88. The van der Waals surface area contributed by atoms with Gasteiger partial charge in [-0.1, -0.05) is 40.7 Å². The number of fused-ring (bicyclic) bond motifs is 1.